The Hall–Kier alpha value is -0.870. The second-order valence-corrected chi connectivity index (χ2v) is 3.05. The number of aryl methyl sites for hydroxylation is 1. The van der Waals surface area contributed by atoms with Crippen LogP contribution in [0.4, 0.5) is 0 Å². The zero-order valence-electron chi connectivity index (χ0n) is 8.10. The molecule has 74 valence electrons. The van der Waals surface area contributed by atoms with Crippen LogP contribution in [0.15, 0.2) is 12.5 Å². The molecule has 0 aliphatic rings. The van der Waals surface area contributed by atoms with E-state index in [-0.39, 0.29) is 0 Å². The molecule has 0 amide bonds. The highest BCUT2D eigenvalue weighted by atomic mass is 16.5. The largest absolute Gasteiger partial charge is 0.384 e. The molecule has 4 heteroatoms. The number of aromatic nitrogens is 2. The van der Waals surface area contributed by atoms with Gasteiger partial charge in [-0.3, -0.25) is 0 Å². The molecule has 4 nitrogen and oxygen atoms in total. The number of hydrogen-bond donors (Lipinski definition) is 1. The van der Waals surface area contributed by atoms with Crippen LogP contribution >= 0.6 is 0 Å². The van der Waals surface area contributed by atoms with Crippen molar-refractivity contribution in [3.8, 4) is 0 Å². The minimum Gasteiger partial charge on any atom is -0.384 e. The summed E-state index contributed by atoms with van der Waals surface area (Å²) in [5.74, 6) is 0. The van der Waals surface area contributed by atoms with Crippen LogP contribution in [0.5, 0.6) is 0 Å². The Bertz CT molecular complexity index is 248. The molecule has 0 aliphatic carbocycles. The van der Waals surface area contributed by atoms with E-state index in [1.807, 2.05) is 14.0 Å². The molecule has 1 unspecified atom stereocenters. The topological polar surface area (TPSA) is 47.3 Å². The molecule has 0 aliphatic heterocycles. The molecule has 0 saturated carbocycles. The lowest BCUT2D eigenvalue weighted by molar-refractivity contribution is 0.0344. The molecule has 0 aromatic carbocycles. The summed E-state index contributed by atoms with van der Waals surface area (Å²) in [5.41, 5.74) is 0.665. The normalized spacial score (nSPS) is 13.2. The van der Waals surface area contributed by atoms with E-state index in [4.69, 9.17) is 4.74 Å². The van der Waals surface area contributed by atoms with Crippen LogP contribution in [-0.2, 0) is 11.8 Å². The van der Waals surface area contributed by atoms with Gasteiger partial charge in [0.1, 0.15) is 6.10 Å². The Morgan fingerprint density at radius 1 is 1.69 bits per heavy atom. The molecule has 1 N–H and O–H groups in total. The van der Waals surface area contributed by atoms with Crippen LogP contribution < -0.4 is 0 Å². The van der Waals surface area contributed by atoms with Gasteiger partial charge in [0.15, 0.2) is 0 Å². The van der Waals surface area contributed by atoms with Crippen molar-refractivity contribution in [3.05, 3.63) is 18.2 Å². The first kappa shape index (κ1) is 10.2. The first-order valence-electron chi connectivity index (χ1n) is 4.47. The molecule has 0 saturated heterocycles. The monoisotopic (exact) mass is 184 g/mol. The van der Waals surface area contributed by atoms with Gasteiger partial charge >= 0.3 is 0 Å². The fraction of sp³-hybridized carbons (Fsp3) is 0.667. The van der Waals surface area contributed by atoms with Crippen LogP contribution in [0.1, 0.15) is 25.1 Å². The molecule has 13 heavy (non-hydrogen) atoms. The van der Waals surface area contributed by atoms with Crippen LogP contribution in [0, 0.1) is 0 Å². The van der Waals surface area contributed by atoms with E-state index in [1.165, 1.54) is 0 Å². The first-order chi connectivity index (χ1) is 6.24. The molecule has 1 heterocycles. The lowest BCUT2D eigenvalue weighted by Crippen LogP contribution is -2.08. The average Bonchev–Trinajstić information content (AvgIpc) is 2.52. The molecule has 1 rings (SSSR count). The van der Waals surface area contributed by atoms with Gasteiger partial charge in [-0.2, -0.15) is 0 Å². The van der Waals surface area contributed by atoms with Gasteiger partial charge in [-0.15, -0.1) is 0 Å². The van der Waals surface area contributed by atoms with E-state index < -0.39 is 6.10 Å². The number of imidazole rings is 1. The van der Waals surface area contributed by atoms with Crippen molar-refractivity contribution in [1.29, 1.82) is 0 Å². The number of aliphatic hydroxyl groups is 1. The molecule has 0 radical (unpaired) electrons. The summed E-state index contributed by atoms with van der Waals surface area (Å²) in [5, 5.41) is 9.56. The number of hydrogen-bond acceptors (Lipinski definition) is 3. The summed E-state index contributed by atoms with van der Waals surface area (Å²) in [6.45, 7) is 3.04. The minimum atomic E-state index is -0.604. The Morgan fingerprint density at radius 2 is 2.46 bits per heavy atom. The van der Waals surface area contributed by atoms with Gasteiger partial charge in [0.05, 0.1) is 18.6 Å². The lowest BCUT2D eigenvalue weighted by atomic mass is 10.3. The third kappa shape index (κ3) is 3.16. The second-order valence-electron chi connectivity index (χ2n) is 3.05. The number of nitrogens with zero attached hydrogens (tertiary/aromatic N) is 2. The van der Waals surface area contributed by atoms with E-state index in [9.17, 15) is 5.11 Å². The maximum Gasteiger partial charge on any atom is 0.121 e. The average molecular weight is 184 g/mol. The highest BCUT2D eigenvalue weighted by Gasteiger charge is 2.09. The SMILES string of the molecule is CCCOCC(O)c1cn(C)cn1. The van der Waals surface area contributed by atoms with E-state index in [1.54, 1.807) is 17.1 Å². The summed E-state index contributed by atoms with van der Waals surface area (Å²) >= 11 is 0. The van der Waals surface area contributed by atoms with Crippen LogP contribution in [0.25, 0.3) is 0 Å². The third-order valence-corrected chi connectivity index (χ3v) is 1.69. The van der Waals surface area contributed by atoms with Crippen molar-refractivity contribution in [2.24, 2.45) is 7.05 Å². The minimum absolute atomic E-state index is 0.324. The summed E-state index contributed by atoms with van der Waals surface area (Å²) in [7, 11) is 1.87. The van der Waals surface area contributed by atoms with Crippen molar-refractivity contribution >= 4 is 0 Å². The Balaban J connectivity index is 2.35. The lowest BCUT2D eigenvalue weighted by Gasteiger charge is -2.07. The standard InChI is InChI=1S/C9H16N2O2/c1-3-4-13-6-9(12)8-5-11(2)7-10-8/h5,7,9,12H,3-4,6H2,1-2H3. The molecule has 0 spiro atoms. The van der Waals surface area contributed by atoms with Crippen molar-refractivity contribution in [2.45, 2.75) is 19.4 Å². The van der Waals surface area contributed by atoms with Gasteiger partial charge < -0.3 is 14.4 Å². The summed E-state index contributed by atoms with van der Waals surface area (Å²) in [4.78, 5) is 4.03. The fourth-order valence-corrected chi connectivity index (χ4v) is 1.03. The Morgan fingerprint density at radius 3 is 3.00 bits per heavy atom. The smallest absolute Gasteiger partial charge is 0.121 e. The zero-order chi connectivity index (χ0) is 9.68. The predicted molar refractivity (Wildman–Crippen MR) is 49.3 cm³/mol. The second kappa shape index (κ2) is 4.99. The van der Waals surface area contributed by atoms with Gasteiger partial charge in [-0.25, -0.2) is 4.98 Å². The van der Waals surface area contributed by atoms with Gasteiger partial charge in [-0.1, -0.05) is 6.92 Å². The number of rotatable bonds is 5. The predicted octanol–water partition coefficient (Wildman–Crippen LogP) is 0.880. The van der Waals surface area contributed by atoms with Gasteiger partial charge in [0.2, 0.25) is 0 Å². The van der Waals surface area contributed by atoms with E-state index in [0.717, 1.165) is 6.42 Å². The molecular formula is C9H16N2O2. The summed E-state index contributed by atoms with van der Waals surface area (Å²) < 4.78 is 7.01. The maximum absolute atomic E-state index is 9.56. The quantitative estimate of drug-likeness (QED) is 0.691. The van der Waals surface area contributed by atoms with Crippen molar-refractivity contribution < 1.29 is 9.84 Å². The van der Waals surface area contributed by atoms with E-state index >= 15 is 0 Å². The number of aliphatic hydroxyl groups excluding tert-OH is 1. The highest BCUT2D eigenvalue weighted by Crippen LogP contribution is 2.09. The Labute approximate surface area is 78.2 Å². The van der Waals surface area contributed by atoms with Crippen molar-refractivity contribution in [2.75, 3.05) is 13.2 Å². The molecule has 1 atom stereocenters. The first-order valence-corrected chi connectivity index (χ1v) is 4.47. The van der Waals surface area contributed by atoms with Gasteiger partial charge in [-0.05, 0) is 6.42 Å². The Kier molecular flexibility index (Phi) is 3.92. The van der Waals surface area contributed by atoms with Gasteiger partial charge in [0, 0.05) is 19.9 Å². The van der Waals surface area contributed by atoms with E-state index in [0.29, 0.717) is 18.9 Å². The van der Waals surface area contributed by atoms with Crippen LogP contribution in [0.2, 0.25) is 0 Å². The summed E-state index contributed by atoms with van der Waals surface area (Å²) in [6, 6.07) is 0. The summed E-state index contributed by atoms with van der Waals surface area (Å²) in [6.07, 6.45) is 3.82. The van der Waals surface area contributed by atoms with Crippen molar-refractivity contribution in [1.82, 2.24) is 9.55 Å². The number of ether oxygens (including phenoxy) is 1. The molecular weight excluding hydrogens is 168 g/mol. The van der Waals surface area contributed by atoms with Gasteiger partial charge in [0.25, 0.3) is 0 Å². The molecule has 0 fully saturated rings. The fourth-order valence-electron chi connectivity index (χ4n) is 1.03. The molecule has 1 aromatic rings. The highest BCUT2D eigenvalue weighted by molar-refractivity contribution is 5.00. The molecule has 0 bridgehead atoms. The van der Waals surface area contributed by atoms with Crippen molar-refractivity contribution in [3.63, 3.8) is 0 Å². The van der Waals surface area contributed by atoms with E-state index in [2.05, 4.69) is 4.98 Å². The van der Waals surface area contributed by atoms with Crippen LogP contribution in [-0.4, -0.2) is 27.9 Å². The maximum atomic E-state index is 9.56. The van der Waals surface area contributed by atoms with Crippen LogP contribution in [0.3, 0.4) is 0 Å². The zero-order valence-corrected chi connectivity index (χ0v) is 8.10. The molecule has 1 aromatic heterocycles. The third-order valence-electron chi connectivity index (χ3n) is 1.69.